The fourth-order valence-electron chi connectivity index (χ4n) is 1.45. The molecule has 0 amide bonds. The molecule has 0 saturated heterocycles. The van der Waals surface area contributed by atoms with E-state index >= 15 is 0 Å². The van der Waals surface area contributed by atoms with Crippen LogP contribution in [0.2, 0.25) is 0 Å². The van der Waals surface area contributed by atoms with Crippen LogP contribution in [0.15, 0.2) is 18.2 Å². The number of nitro benzene ring substituents is 1. The van der Waals surface area contributed by atoms with Gasteiger partial charge < -0.3 is 10.4 Å². The van der Waals surface area contributed by atoms with Crippen LogP contribution >= 0.6 is 0 Å². The lowest BCUT2D eigenvalue weighted by molar-refractivity contribution is -0.385. The molecule has 2 N–H and O–H groups in total. The van der Waals surface area contributed by atoms with E-state index in [0.717, 1.165) is 12.1 Å². The summed E-state index contributed by atoms with van der Waals surface area (Å²) in [5.74, 6) is 0. The molecule has 20 heavy (non-hydrogen) atoms. The lowest BCUT2D eigenvalue weighted by atomic mass is 9.85. The molecule has 0 aromatic heterocycles. The molecule has 0 heterocycles. The van der Waals surface area contributed by atoms with Gasteiger partial charge in [-0.1, -0.05) is 0 Å². The zero-order chi connectivity index (χ0) is 15.7. The van der Waals surface area contributed by atoms with E-state index < -0.39 is 33.7 Å². The number of alkyl halides is 2. The fraction of sp³-hybridized carbons (Fsp3) is 0.538. The Kier molecular flexibility index (Phi) is 4.33. The first-order valence-corrected chi connectivity index (χ1v) is 6.03. The number of nitrogens with zero attached hydrogens (tertiary/aromatic N) is 1. The molecule has 112 valence electrons. The van der Waals surface area contributed by atoms with Crippen LogP contribution in [0.25, 0.3) is 0 Å². The van der Waals surface area contributed by atoms with Crippen molar-refractivity contribution in [1.82, 2.24) is 0 Å². The van der Waals surface area contributed by atoms with Crippen LogP contribution in [0.1, 0.15) is 39.7 Å². The van der Waals surface area contributed by atoms with Gasteiger partial charge in [0.2, 0.25) is 0 Å². The zero-order valence-electron chi connectivity index (χ0n) is 11.8. The highest BCUT2D eigenvalue weighted by Gasteiger charge is 2.36. The quantitative estimate of drug-likeness (QED) is 0.642. The Bertz CT molecular complexity index is 511. The predicted octanol–water partition coefficient (Wildman–Crippen LogP) is 3.49. The van der Waals surface area contributed by atoms with Crippen LogP contribution in [0.4, 0.5) is 20.2 Å². The van der Waals surface area contributed by atoms with Crippen LogP contribution < -0.4 is 5.32 Å². The molecule has 1 aromatic rings. The van der Waals surface area contributed by atoms with E-state index in [1.165, 1.54) is 6.07 Å². The third-order valence-corrected chi connectivity index (χ3v) is 3.46. The number of hydrogen-bond acceptors (Lipinski definition) is 4. The Morgan fingerprint density at radius 2 is 1.85 bits per heavy atom. The van der Waals surface area contributed by atoms with Gasteiger partial charge >= 0.3 is 0 Å². The maximum Gasteiger partial charge on any atom is 0.270 e. The zero-order valence-corrected chi connectivity index (χ0v) is 11.8. The van der Waals surface area contributed by atoms with Crippen molar-refractivity contribution in [3.63, 3.8) is 0 Å². The maximum absolute atomic E-state index is 13.0. The minimum atomic E-state index is -2.85. The molecule has 0 unspecified atom stereocenters. The van der Waals surface area contributed by atoms with Gasteiger partial charge in [-0.25, -0.2) is 8.78 Å². The molecule has 0 aliphatic rings. The third kappa shape index (κ3) is 3.41. The lowest BCUT2D eigenvalue weighted by Crippen LogP contribution is -2.51. The molecule has 5 nitrogen and oxygen atoms in total. The third-order valence-electron chi connectivity index (χ3n) is 3.46. The summed E-state index contributed by atoms with van der Waals surface area (Å²) in [5, 5.41) is 23.5. The average Bonchev–Trinajstić information content (AvgIpc) is 2.26. The van der Waals surface area contributed by atoms with E-state index in [1.807, 2.05) is 0 Å². The molecule has 0 spiro atoms. The number of aliphatic hydroxyl groups is 1. The smallest absolute Gasteiger partial charge is 0.270 e. The normalized spacial score (nSPS) is 12.6. The van der Waals surface area contributed by atoms with Gasteiger partial charge in [0, 0.05) is 23.4 Å². The number of rotatable bonds is 5. The second-order valence-electron chi connectivity index (χ2n) is 5.64. The molecule has 0 atom stereocenters. The van der Waals surface area contributed by atoms with E-state index in [4.69, 9.17) is 0 Å². The van der Waals surface area contributed by atoms with Crippen molar-refractivity contribution in [3.05, 3.63) is 33.9 Å². The monoisotopic (exact) mass is 288 g/mol. The molecular weight excluding hydrogens is 270 g/mol. The molecule has 1 rings (SSSR count). The summed E-state index contributed by atoms with van der Waals surface area (Å²) in [7, 11) is 0. The first kappa shape index (κ1) is 16.3. The Labute approximate surface area is 115 Å². The highest BCUT2D eigenvalue weighted by molar-refractivity contribution is 5.58. The van der Waals surface area contributed by atoms with E-state index in [2.05, 4.69) is 5.32 Å². The Morgan fingerprint density at radius 3 is 2.25 bits per heavy atom. The van der Waals surface area contributed by atoms with Gasteiger partial charge in [-0.3, -0.25) is 10.1 Å². The summed E-state index contributed by atoms with van der Waals surface area (Å²) in [5.41, 5.74) is -2.86. The topological polar surface area (TPSA) is 75.4 Å². The van der Waals surface area contributed by atoms with Crippen LogP contribution in [0.5, 0.6) is 0 Å². The first-order chi connectivity index (χ1) is 8.95. The van der Waals surface area contributed by atoms with E-state index in [1.54, 1.807) is 27.7 Å². The Morgan fingerprint density at radius 1 is 1.30 bits per heavy atom. The van der Waals surface area contributed by atoms with Crippen molar-refractivity contribution >= 4 is 11.4 Å². The second kappa shape index (κ2) is 5.32. The van der Waals surface area contributed by atoms with Crippen molar-refractivity contribution < 1.29 is 18.8 Å². The standard InChI is InChI=1S/C13H18F2N2O3/c1-12(2,13(3,4)18)16-10-6-5-8(17(19)20)7-9(10)11(14)15/h5-7,11,16,18H,1-4H3. The molecule has 7 heteroatoms. The van der Waals surface area contributed by atoms with Crippen LogP contribution in [-0.2, 0) is 0 Å². The summed E-state index contributed by atoms with van der Waals surface area (Å²) in [6.45, 7) is 6.41. The van der Waals surface area contributed by atoms with Crippen LogP contribution in [0.3, 0.4) is 0 Å². The summed E-state index contributed by atoms with van der Waals surface area (Å²) in [6.07, 6.45) is -2.85. The average molecular weight is 288 g/mol. The molecule has 0 radical (unpaired) electrons. The van der Waals surface area contributed by atoms with Crippen molar-refractivity contribution in [3.8, 4) is 0 Å². The summed E-state index contributed by atoms with van der Waals surface area (Å²) < 4.78 is 26.0. The summed E-state index contributed by atoms with van der Waals surface area (Å²) in [6, 6.07) is 3.22. The number of nitro groups is 1. The van der Waals surface area contributed by atoms with Crippen LogP contribution in [-0.4, -0.2) is 21.2 Å². The number of halogens is 2. The maximum atomic E-state index is 13.0. The lowest BCUT2D eigenvalue weighted by Gasteiger charge is -2.39. The van der Waals surface area contributed by atoms with Gasteiger partial charge in [-0.15, -0.1) is 0 Å². The highest BCUT2D eigenvalue weighted by Crippen LogP contribution is 2.34. The number of anilines is 1. The molecular formula is C13H18F2N2O3. The number of nitrogens with one attached hydrogen (secondary N) is 1. The largest absolute Gasteiger partial charge is 0.388 e. The van der Waals surface area contributed by atoms with Crippen molar-refractivity contribution in [2.24, 2.45) is 0 Å². The van der Waals surface area contributed by atoms with Gasteiger partial charge in [-0.05, 0) is 33.8 Å². The van der Waals surface area contributed by atoms with E-state index in [9.17, 15) is 24.0 Å². The SMILES string of the molecule is CC(C)(O)C(C)(C)Nc1ccc([N+](=O)[O-])cc1C(F)F. The predicted molar refractivity (Wildman–Crippen MR) is 72.1 cm³/mol. The minimum Gasteiger partial charge on any atom is -0.388 e. The molecule has 0 saturated carbocycles. The fourth-order valence-corrected chi connectivity index (χ4v) is 1.45. The number of hydrogen-bond donors (Lipinski definition) is 2. The van der Waals surface area contributed by atoms with Crippen molar-refractivity contribution in [1.29, 1.82) is 0 Å². The molecule has 0 aliphatic heterocycles. The molecule has 0 aliphatic carbocycles. The van der Waals surface area contributed by atoms with Gasteiger partial charge in [-0.2, -0.15) is 0 Å². The highest BCUT2D eigenvalue weighted by atomic mass is 19.3. The Balaban J connectivity index is 3.22. The van der Waals surface area contributed by atoms with Gasteiger partial charge in [0.15, 0.2) is 0 Å². The van der Waals surface area contributed by atoms with Crippen LogP contribution in [0, 0.1) is 10.1 Å². The van der Waals surface area contributed by atoms with Gasteiger partial charge in [0.25, 0.3) is 12.1 Å². The number of benzene rings is 1. The minimum absolute atomic E-state index is 0.0673. The van der Waals surface area contributed by atoms with E-state index in [0.29, 0.717) is 0 Å². The van der Waals surface area contributed by atoms with Gasteiger partial charge in [0.05, 0.1) is 16.1 Å². The summed E-state index contributed by atoms with van der Waals surface area (Å²) >= 11 is 0. The number of non-ortho nitro benzene ring substituents is 1. The van der Waals surface area contributed by atoms with E-state index in [-0.39, 0.29) is 5.69 Å². The molecule has 0 fully saturated rings. The molecule has 1 aromatic carbocycles. The Hall–Kier alpha value is -1.76. The van der Waals surface area contributed by atoms with Crippen molar-refractivity contribution in [2.45, 2.75) is 45.3 Å². The van der Waals surface area contributed by atoms with Crippen molar-refractivity contribution in [2.75, 3.05) is 5.32 Å². The summed E-state index contributed by atoms with van der Waals surface area (Å²) in [4.78, 5) is 9.91. The second-order valence-corrected chi connectivity index (χ2v) is 5.64. The first-order valence-electron chi connectivity index (χ1n) is 6.03. The molecule has 0 bridgehead atoms. The van der Waals surface area contributed by atoms with Gasteiger partial charge in [0.1, 0.15) is 0 Å².